The zero-order valence-electron chi connectivity index (χ0n) is 11.1. The van der Waals surface area contributed by atoms with E-state index >= 15 is 0 Å². The molecule has 21 heavy (non-hydrogen) atoms. The van der Waals surface area contributed by atoms with Gasteiger partial charge in [-0.2, -0.15) is 0 Å². The summed E-state index contributed by atoms with van der Waals surface area (Å²) in [5, 5.41) is 14.5. The van der Waals surface area contributed by atoms with Crippen LogP contribution in [0.5, 0.6) is 0 Å². The van der Waals surface area contributed by atoms with Crippen molar-refractivity contribution in [1.82, 2.24) is 4.98 Å². The number of carbonyl (C=O) groups excluding carboxylic acids is 1. The Morgan fingerprint density at radius 3 is 2.57 bits per heavy atom. The van der Waals surface area contributed by atoms with E-state index in [1.54, 1.807) is 31.5 Å². The first-order valence-electron chi connectivity index (χ1n) is 5.99. The average Bonchev–Trinajstić information content (AvgIpc) is 2.53. The van der Waals surface area contributed by atoms with Gasteiger partial charge in [-0.05, 0) is 25.1 Å². The summed E-state index contributed by atoms with van der Waals surface area (Å²) >= 11 is 0. The number of oxime groups is 1. The van der Waals surface area contributed by atoms with Gasteiger partial charge in [0.2, 0.25) is 0 Å². The number of hydrogen-bond donors (Lipinski definition) is 0. The van der Waals surface area contributed by atoms with Crippen molar-refractivity contribution >= 4 is 17.4 Å². The number of nitro benzene ring substituents is 1. The Bertz CT molecular complexity index is 698. The maximum Gasteiger partial charge on any atom is 0.372 e. The van der Waals surface area contributed by atoms with Crippen molar-refractivity contribution in [2.75, 3.05) is 0 Å². The zero-order valence-corrected chi connectivity index (χ0v) is 11.1. The van der Waals surface area contributed by atoms with Crippen molar-refractivity contribution < 1.29 is 14.6 Å². The molecule has 0 aliphatic carbocycles. The highest BCUT2D eigenvalue weighted by Gasteiger charge is 2.20. The monoisotopic (exact) mass is 285 g/mol. The van der Waals surface area contributed by atoms with Crippen LogP contribution in [0, 0.1) is 10.1 Å². The van der Waals surface area contributed by atoms with Crippen LogP contribution < -0.4 is 0 Å². The average molecular weight is 285 g/mol. The predicted molar refractivity (Wildman–Crippen MR) is 75.0 cm³/mol. The molecule has 0 bridgehead atoms. The normalized spacial score (nSPS) is 11.0. The first-order chi connectivity index (χ1) is 10.1. The molecule has 0 atom stereocenters. The van der Waals surface area contributed by atoms with Gasteiger partial charge in [0.1, 0.15) is 5.56 Å². The molecule has 0 unspecified atom stereocenters. The van der Waals surface area contributed by atoms with Crippen molar-refractivity contribution in [3.05, 3.63) is 70.0 Å². The number of hydrogen-bond acceptors (Lipinski definition) is 6. The summed E-state index contributed by atoms with van der Waals surface area (Å²) in [7, 11) is 0. The van der Waals surface area contributed by atoms with Crippen LogP contribution >= 0.6 is 0 Å². The van der Waals surface area contributed by atoms with Crippen LogP contribution in [0.2, 0.25) is 0 Å². The van der Waals surface area contributed by atoms with Gasteiger partial charge in [-0.3, -0.25) is 15.1 Å². The zero-order chi connectivity index (χ0) is 15.2. The number of rotatable bonds is 4. The standard InChI is InChI=1S/C14H11N3O4/c1-10(11-6-8-15-9-7-11)16-21-14(18)12-4-2-3-5-13(12)17(19)20/h2-9H,1H3/b16-10+. The quantitative estimate of drug-likeness (QED) is 0.372. The lowest BCUT2D eigenvalue weighted by atomic mass is 10.2. The van der Waals surface area contributed by atoms with Crippen LogP contribution in [0.15, 0.2) is 53.9 Å². The van der Waals surface area contributed by atoms with Crippen LogP contribution in [0.1, 0.15) is 22.8 Å². The minimum Gasteiger partial charge on any atom is -0.312 e. The van der Waals surface area contributed by atoms with Crippen molar-refractivity contribution in [2.24, 2.45) is 5.16 Å². The summed E-state index contributed by atoms with van der Waals surface area (Å²) in [6, 6.07) is 8.95. The van der Waals surface area contributed by atoms with Gasteiger partial charge in [-0.1, -0.05) is 17.3 Å². The fraction of sp³-hybridized carbons (Fsp3) is 0.0714. The summed E-state index contributed by atoms with van der Waals surface area (Å²) in [5.41, 5.74) is 0.734. The van der Waals surface area contributed by atoms with E-state index in [2.05, 4.69) is 10.1 Å². The third-order valence-corrected chi connectivity index (χ3v) is 2.68. The largest absolute Gasteiger partial charge is 0.372 e. The third kappa shape index (κ3) is 3.47. The minimum absolute atomic E-state index is 0.145. The fourth-order valence-electron chi connectivity index (χ4n) is 1.61. The number of nitro groups is 1. The van der Waals surface area contributed by atoms with E-state index in [1.165, 1.54) is 24.3 Å². The molecular formula is C14H11N3O4. The second-order valence-electron chi connectivity index (χ2n) is 4.07. The Balaban J connectivity index is 2.18. The molecule has 0 aliphatic rings. The van der Waals surface area contributed by atoms with Crippen LogP contribution in [0.3, 0.4) is 0 Å². The van der Waals surface area contributed by atoms with Crippen molar-refractivity contribution in [3.63, 3.8) is 0 Å². The molecule has 1 aromatic heterocycles. The molecule has 0 spiro atoms. The molecule has 1 heterocycles. The molecule has 0 saturated heterocycles. The van der Waals surface area contributed by atoms with Gasteiger partial charge in [-0.15, -0.1) is 0 Å². The summed E-state index contributed by atoms with van der Waals surface area (Å²) in [6.45, 7) is 1.65. The van der Waals surface area contributed by atoms with Gasteiger partial charge in [0.05, 0.1) is 10.6 Å². The van der Waals surface area contributed by atoms with E-state index in [4.69, 9.17) is 4.84 Å². The molecular weight excluding hydrogens is 274 g/mol. The highest BCUT2D eigenvalue weighted by atomic mass is 16.7. The first kappa shape index (κ1) is 14.3. The van der Waals surface area contributed by atoms with Gasteiger partial charge < -0.3 is 4.84 Å². The van der Waals surface area contributed by atoms with E-state index < -0.39 is 10.9 Å². The Morgan fingerprint density at radius 2 is 1.90 bits per heavy atom. The van der Waals surface area contributed by atoms with Gasteiger partial charge in [0.15, 0.2) is 0 Å². The molecule has 0 saturated carbocycles. The van der Waals surface area contributed by atoms with Gasteiger partial charge in [0.25, 0.3) is 5.69 Å². The van der Waals surface area contributed by atoms with E-state index in [1.807, 2.05) is 0 Å². The van der Waals surface area contributed by atoms with E-state index in [0.717, 1.165) is 5.56 Å². The summed E-state index contributed by atoms with van der Waals surface area (Å²) in [4.78, 5) is 30.7. The number of pyridine rings is 1. The van der Waals surface area contributed by atoms with E-state index in [-0.39, 0.29) is 11.3 Å². The highest BCUT2D eigenvalue weighted by Crippen LogP contribution is 2.18. The van der Waals surface area contributed by atoms with Crippen LogP contribution in [0.4, 0.5) is 5.69 Å². The SMILES string of the molecule is C/C(=N\OC(=O)c1ccccc1[N+](=O)[O-])c1ccncc1. The number of carbonyl (C=O) groups is 1. The molecule has 7 heteroatoms. The summed E-state index contributed by atoms with van der Waals surface area (Å²) in [5.74, 6) is -0.879. The second kappa shape index (κ2) is 6.38. The third-order valence-electron chi connectivity index (χ3n) is 2.68. The Hall–Kier alpha value is -3.09. The van der Waals surface area contributed by atoms with Crippen molar-refractivity contribution in [2.45, 2.75) is 6.92 Å². The number of benzene rings is 1. The Labute approximate surface area is 120 Å². The van der Waals surface area contributed by atoms with Crippen LogP contribution in [-0.2, 0) is 4.84 Å². The number of aromatic nitrogens is 1. The van der Waals surface area contributed by atoms with Gasteiger partial charge >= 0.3 is 5.97 Å². The molecule has 0 N–H and O–H groups in total. The Kier molecular flexibility index (Phi) is 4.35. The number of nitrogens with zero attached hydrogens (tertiary/aromatic N) is 3. The maximum atomic E-state index is 11.9. The Morgan fingerprint density at radius 1 is 1.24 bits per heavy atom. The lowest BCUT2D eigenvalue weighted by molar-refractivity contribution is -0.385. The maximum absolute atomic E-state index is 11.9. The van der Waals surface area contributed by atoms with Crippen LogP contribution in [0.25, 0.3) is 0 Å². The molecule has 0 fully saturated rings. The van der Waals surface area contributed by atoms with E-state index in [9.17, 15) is 14.9 Å². The van der Waals surface area contributed by atoms with E-state index in [0.29, 0.717) is 5.71 Å². The molecule has 1 aromatic carbocycles. The highest BCUT2D eigenvalue weighted by molar-refractivity contribution is 5.99. The minimum atomic E-state index is -0.879. The second-order valence-corrected chi connectivity index (χ2v) is 4.07. The van der Waals surface area contributed by atoms with Crippen molar-refractivity contribution in [3.8, 4) is 0 Å². The van der Waals surface area contributed by atoms with Crippen LogP contribution in [-0.4, -0.2) is 21.6 Å². The topological polar surface area (TPSA) is 94.7 Å². The van der Waals surface area contributed by atoms with Gasteiger partial charge in [0, 0.05) is 24.0 Å². The molecule has 106 valence electrons. The molecule has 7 nitrogen and oxygen atoms in total. The first-order valence-corrected chi connectivity index (χ1v) is 5.99. The molecule has 0 amide bonds. The lowest BCUT2D eigenvalue weighted by Crippen LogP contribution is -2.07. The fourth-order valence-corrected chi connectivity index (χ4v) is 1.61. The molecule has 2 aromatic rings. The lowest BCUT2D eigenvalue weighted by Gasteiger charge is -2.01. The summed E-state index contributed by atoms with van der Waals surface area (Å²) < 4.78 is 0. The molecule has 0 aliphatic heterocycles. The molecule has 0 radical (unpaired) electrons. The smallest absolute Gasteiger partial charge is 0.312 e. The predicted octanol–water partition coefficient (Wildman–Crippen LogP) is 2.57. The molecule has 2 rings (SSSR count). The van der Waals surface area contributed by atoms with Crippen molar-refractivity contribution in [1.29, 1.82) is 0 Å². The van der Waals surface area contributed by atoms with Gasteiger partial charge in [-0.25, -0.2) is 4.79 Å². The number of para-hydroxylation sites is 1. The summed E-state index contributed by atoms with van der Waals surface area (Å²) in [6.07, 6.45) is 3.16.